The number of rotatable bonds is 5. The van der Waals surface area contributed by atoms with E-state index in [1.54, 1.807) is 23.5 Å². The molecule has 0 aliphatic heterocycles. The molecular weight excluding hydrogens is 344 g/mol. The molecule has 98 valence electrons. The van der Waals surface area contributed by atoms with Crippen molar-refractivity contribution in [1.29, 1.82) is 5.26 Å². The molecule has 0 bridgehead atoms. The maximum Gasteiger partial charge on any atom is 0.0992 e. The summed E-state index contributed by atoms with van der Waals surface area (Å²) < 4.78 is 1.16. The molecule has 0 amide bonds. The van der Waals surface area contributed by atoms with Gasteiger partial charge in [-0.15, -0.1) is 11.3 Å². The second-order valence-corrected chi connectivity index (χ2v) is 7.01. The van der Waals surface area contributed by atoms with E-state index >= 15 is 0 Å². The summed E-state index contributed by atoms with van der Waals surface area (Å²) in [5.74, 6) is 0. The molecular formula is C14H12BrClN2S. The van der Waals surface area contributed by atoms with E-state index in [0.29, 0.717) is 10.6 Å². The summed E-state index contributed by atoms with van der Waals surface area (Å²) in [5, 5.41) is 12.8. The highest BCUT2D eigenvalue weighted by molar-refractivity contribution is 9.11. The Hall–Kier alpha value is -0.860. The van der Waals surface area contributed by atoms with Gasteiger partial charge in [0.1, 0.15) is 0 Å². The largest absolute Gasteiger partial charge is 0.312 e. The first kappa shape index (κ1) is 14.5. The monoisotopic (exact) mass is 354 g/mol. The van der Waals surface area contributed by atoms with Gasteiger partial charge in [-0.2, -0.15) is 5.26 Å². The van der Waals surface area contributed by atoms with Crippen LogP contribution in [0.25, 0.3) is 0 Å². The van der Waals surface area contributed by atoms with Crippen molar-refractivity contribution in [3.05, 3.63) is 55.1 Å². The van der Waals surface area contributed by atoms with Gasteiger partial charge in [0.15, 0.2) is 0 Å². The molecule has 1 heterocycles. The lowest BCUT2D eigenvalue weighted by molar-refractivity contribution is 0.691. The standard InChI is InChI=1S/C14H12BrClN2S/c15-14-4-3-12(19-14)5-6-18-9-11-2-1-10(8-17)7-13(11)16/h1-4,7,18H,5-6,9H2. The van der Waals surface area contributed by atoms with Crippen molar-refractivity contribution in [1.82, 2.24) is 5.32 Å². The summed E-state index contributed by atoms with van der Waals surface area (Å²) >= 11 is 11.3. The Balaban J connectivity index is 1.81. The van der Waals surface area contributed by atoms with Crippen molar-refractivity contribution in [3.63, 3.8) is 0 Å². The number of halogens is 2. The number of nitrogens with one attached hydrogen (secondary N) is 1. The lowest BCUT2D eigenvalue weighted by atomic mass is 10.1. The fourth-order valence-corrected chi connectivity index (χ4v) is 3.41. The number of hydrogen-bond acceptors (Lipinski definition) is 3. The van der Waals surface area contributed by atoms with Gasteiger partial charge in [-0.05, 0) is 52.2 Å². The Kier molecular flexibility index (Phi) is 5.41. The lowest BCUT2D eigenvalue weighted by Crippen LogP contribution is -2.16. The van der Waals surface area contributed by atoms with Crippen LogP contribution in [-0.2, 0) is 13.0 Å². The molecule has 0 aliphatic carbocycles. The Morgan fingerprint density at radius 3 is 2.79 bits per heavy atom. The quantitative estimate of drug-likeness (QED) is 0.809. The highest BCUT2D eigenvalue weighted by Crippen LogP contribution is 2.22. The highest BCUT2D eigenvalue weighted by atomic mass is 79.9. The molecule has 0 aliphatic rings. The summed E-state index contributed by atoms with van der Waals surface area (Å²) in [7, 11) is 0. The van der Waals surface area contributed by atoms with Crippen LogP contribution in [0.4, 0.5) is 0 Å². The second kappa shape index (κ2) is 7.06. The number of benzene rings is 1. The Labute approximate surface area is 130 Å². The summed E-state index contributed by atoms with van der Waals surface area (Å²) in [6.45, 7) is 1.63. The van der Waals surface area contributed by atoms with Gasteiger partial charge in [-0.25, -0.2) is 0 Å². The lowest BCUT2D eigenvalue weighted by Gasteiger charge is -2.06. The molecule has 1 aromatic carbocycles. The predicted molar refractivity (Wildman–Crippen MR) is 83.6 cm³/mol. The molecule has 5 heteroatoms. The number of hydrogen-bond donors (Lipinski definition) is 1. The summed E-state index contributed by atoms with van der Waals surface area (Å²) in [6.07, 6.45) is 1.00. The average Bonchev–Trinajstić information content (AvgIpc) is 2.82. The molecule has 0 spiro atoms. The Morgan fingerprint density at radius 1 is 1.32 bits per heavy atom. The van der Waals surface area contributed by atoms with Crippen molar-refractivity contribution >= 4 is 38.9 Å². The zero-order valence-electron chi connectivity index (χ0n) is 10.1. The number of nitriles is 1. The Bertz CT molecular complexity index is 604. The third-order valence-corrected chi connectivity index (χ3v) is 4.71. The van der Waals surface area contributed by atoms with Crippen molar-refractivity contribution in [2.24, 2.45) is 0 Å². The number of thiophene rings is 1. The van der Waals surface area contributed by atoms with Crippen LogP contribution in [0.2, 0.25) is 5.02 Å². The average molecular weight is 356 g/mol. The van der Waals surface area contributed by atoms with Crippen LogP contribution in [0, 0.1) is 11.3 Å². The van der Waals surface area contributed by atoms with Crippen molar-refractivity contribution in [2.75, 3.05) is 6.54 Å². The zero-order chi connectivity index (χ0) is 13.7. The number of nitrogens with zero attached hydrogens (tertiary/aromatic N) is 1. The van der Waals surface area contributed by atoms with Crippen LogP contribution in [0.5, 0.6) is 0 Å². The molecule has 2 nitrogen and oxygen atoms in total. The van der Waals surface area contributed by atoms with E-state index in [2.05, 4.69) is 39.4 Å². The van der Waals surface area contributed by atoms with E-state index in [0.717, 1.165) is 28.9 Å². The van der Waals surface area contributed by atoms with Gasteiger partial charge in [0.05, 0.1) is 15.4 Å². The second-order valence-electron chi connectivity index (χ2n) is 4.05. The zero-order valence-corrected chi connectivity index (χ0v) is 13.3. The van der Waals surface area contributed by atoms with Crippen LogP contribution in [0.15, 0.2) is 34.1 Å². The van der Waals surface area contributed by atoms with Gasteiger partial charge in [-0.3, -0.25) is 0 Å². The fourth-order valence-electron chi connectivity index (χ4n) is 1.68. The van der Waals surface area contributed by atoms with Crippen LogP contribution < -0.4 is 5.32 Å². The molecule has 0 unspecified atom stereocenters. The van der Waals surface area contributed by atoms with Crippen molar-refractivity contribution in [3.8, 4) is 6.07 Å². The van der Waals surface area contributed by atoms with Gasteiger partial charge in [-0.1, -0.05) is 17.7 Å². The third kappa shape index (κ3) is 4.32. The predicted octanol–water partition coefficient (Wildman–Crippen LogP) is 4.37. The van der Waals surface area contributed by atoms with Gasteiger partial charge in [0.2, 0.25) is 0 Å². The molecule has 0 saturated heterocycles. The van der Waals surface area contributed by atoms with Crippen molar-refractivity contribution in [2.45, 2.75) is 13.0 Å². The van der Waals surface area contributed by atoms with Crippen LogP contribution in [0.3, 0.4) is 0 Å². The molecule has 0 saturated carbocycles. The van der Waals surface area contributed by atoms with Gasteiger partial charge in [0.25, 0.3) is 0 Å². The van der Waals surface area contributed by atoms with Gasteiger partial charge < -0.3 is 5.32 Å². The van der Waals surface area contributed by atoms with Crippen molar-refractivity contribution < 1.29 is 0 Å². The maximum absolute atomic E-state index is 8.77. The first-order valence-corrected chi connectivity index (χ1v) is 7.81. The topological polar surface area (TPSA) is 35.8 Å². The summed E-state index contributed by atoms with van der Waals surface area (Å²) in [5.41, 5.74) is 1.62. The minimum atomic E-state index is 0.595. The first-order chi connectivity index (χ1) is 9.19. The van der Waals surface area contributed by atoms with E-state index in [1.807, 2.05) is 6.07 Å². The van der Waals surface area contributed by atoms with E-state index in [4.69, 9.17) is 16.9 Å². The third-order valence-electron chi connectivity index (χ3n) is 2.67. The fraction of sp³-hybridized carbons (Fsp3) is 0.214. The molecule has 2 aromatic rings. The SMILES string of the molecule is N#Cc1ccc(CNCCc2ccc(Br)s2)c(Cl)c1. The summed E-state index contributed by atoms with van der Waals surface area (Å²) in [6, 6.07) is 11.7. The molecule has 0 atom stereocenters. The van der Waals surface area contributed by atoms with E-state index < -0.39 is 0 Å². The Morgan fingerprint density at radius 2 is 2.16 bits per heavy atom. The van der Waals surface area contributed by atoms with Crippen LogP contribution in [-0.4, -0.2) is 6.54 Å². The molecule has 2 rings (SSSR count). The molecule has 19 heavy (non-hydrogen) atoms. The minimum absolute atomic E-state index is 0.595. The molecule has 1 aromatic heterocycles. The van der Waals surface area contributed by atoms with Crippen LogP contribution >= 0.6 is 38.9 Å². The van der Waals surface area contributed by atoms with Gasteiger partial charge in [0, 0.05) is 23.0 Å². The van der Waals surface area contributed by atoms with E-state index in [9.17, 15) is 0 Å². The normalized spacial score (nSPS) is 10.4. The van der Waals surface area contributed by atoms with Gasteiger partial charge >= 0.3 is 0 Å². The van der Waals surface area contributed by atoms with E-state index in [-0.39, 0.29) is 0 Å². The minimum Gasteiger partial charge on any atom is -0.312 e. The first-order valence-electron chi connectivity index (χ1n) is 5.82. The maximum atomic E-state index is 8.77. The van der Waals surface area contributed by atoms with E-state index in [1.165, 1.54) is 4.88 Å². The van der Waals surface area contributed by atoms with Crippen LogP contribution in [0.1, 0.15) is 16.0 Å². The molecule has 0 fully saturated rings. The smallest absolute Gasteiger partial charge is 0.0992 e. The summed E-state index contributed by atoms with van der Waals surface area (Å²) in [4.78, 5) is 1.35. The molecule has 1 N–H and O–H groups in total. The molecule has 0 radical (unpaired) electrons. The highest BCUT2D eigenvalue weighted by Gasteiger charge is 2.02.